The van der Waals surface area contributed by atoms with Gasteiger partial charge in [0.1, 0.15) is 5.82 Å². The summed E-state index contributed by atoms with van der Waals surface area (Å²) in [5, 5.41) is 0. The lowest BCUT2D eigenvalue weighted by Gasteiger charge is -2.55. The first-order valence-corrected chi connectivity index (χ1v) is 10.2. The van der Waals surface area contributed by atoms with Gasteiger partial charge in [0.25, 0.3) is 0 Å². The molecule has 134 valence electrons. The molecule has 2 heterocycles. The molecule has 0 amide bonds. The normalized spacial score (nSPS) is 26.2. The van der Waals surface area contributed by atoms with E-state index < -0.39 is 10.0 Å². The fourth-order valence-corrected chi connectivity index (χ4v) is 4.93. The largest absolute Gasteiger partial charge is 0.296 e. The second kappa shape index (κ2) is 6.37. The summed E-state index contributed by atoms with van der Waals surface area (Å²) in [5.74, 6) is -0.221. The zero-order valence-electron chi connectivity index (χ0n) is 14.6. The molecule has 2 saturated heterocycles. The first kappa shape index (κ1) is 17.8. The van der Waals surface area contributed by atoms with Crippen LogP contribution in [-0.2, 0) is 16.6 Å². The molecule has 2 aliphatic heterocycles. The molecular formula is C17H26FN3O2S. The number of benzene rings is 1. The summed E-state index contributed by atoms with van der Waals surface area (Å²) in [7, 11) is -3.18. The topological polar surface area (TPSA) is 43.9 Å². The van der Waals surface area contributed by atoms with Gasteiger partial charge in [-0.1, -0.05) is 12.1 Å². The SMILES string of the molecule is CC1(C)CN(S(C)(=O)=O)C[C@@H]2CN(Cc3ccc(F)cc3)CCN21. The van der Waals surface area contributed by atoms with Crippen molar-refractivity contribution in [2.45, 2.75) is 32.0 Å². The van der Waals surface area contributed by atoms with Crippen molar-refractivity contribution < 1.29 is 12.8 Å². The summed E-state index contributed by atoms with van der Waals surface area (Å²) in [5.41, 5.74) is 0.924. The quantitative estimate of drug-likeness (QED) is 0.821. The van der Waals surface area contributed by atoms with Crippen molar-refractivity contribution in [3.05, 3.63) is 35.6 Å². The number of piperazine rings is 2. The Morgan fingerprint density at radius 2 is 1.83 bits per heavy atom. The number of rotatable bonds is 3. The average Bonchev–Trinajstić information content (AvgIpc) is 2.47. The molecule has 0 unspecified atom stereocenters. The molecule has 0 saturated carbocycles. The molecule has 0 bridgehead atoms. The van der Waals surface area contributed by atoms with Crippen LogP contribution in [0.3, 0.4) is 0 Å². The highest BCUT2D eigenvalue weighted by atomic mass is 32.2. The van der Waals surface area contributed by atoms with E-state index in [2.05, 4.69) is 23.6 Å². The van der Waals surface area contributed by atoms with Crippen molar-refractivity contribution >= 4 is 10.0 Å². The third-order valence-electron chi connectivity index (χ3n) is 5.11. The van der Waals surface area contributed by atoms with E-state index in [4.69, 9.17) is 0 Å². The van der Waals surface area contributed by atoms with Gasteiger partial charge in [0.05, 0.1) is 6.26 Å². The van der Waals surface area contributed by atoms with Gasteiger partial charge in [-0.25, -0.2) is 12.8 Å². The third kappa shape index (κ3) is 3.79. The van der Waals surface area contributed by atoms with Crippen LogP contribution in [0.25, 0.3) is 0 Å². The summed E-state index contributed by atoms with van der Waals surface area (Å²) < 4.78 is 38.7. The van der Waals surface area contributed by atoms with Crippen molar-refractivity contribution in [3.8, 4) is 0 Å². The molecule has 1 aromatic rings. The third-order valence-corrected chi connectivity index (χ3v) is 6.33. The van der Waals surface area contributed by atoms with Crippen molar-refractivity contribution in [3.63, 3.8) is 0 Å². The molecule has 2 aliphatic rings. The number of nitrogens with zero attached hydrogens (tertiary/aromatic N) is 3. The summed E-state index contributed by atoms with van der Waals surface area (Å²) in [4.78, 5) is 4.77. The van der Waals surface area contributed by atoms with Crippen LogP contribution in [0.4, 0.5) is 4.39 Å². The van der Waals surface area contributed by atoms with Crippen molar-refractivity contribution in [1.82, 2.24) is 14.1 Å². The van der Waals surface area contributed by atoms with E-state index >= 15 is 0 Å². The van der Waals surface area contributed by atoms with E-state index in [-0.39, 0.29) is 17.4 Å². The number of hydrogen-bond donors (Lipinski definition) is 0. The molecule has 24 heavy (non-hydrogen) atoms. The lowest BCUT2D eigenvalue weighted by molar-refractivity contribution is -0.0448. The highest BCUT2D eigenvalue weighted by Crippen LogP contribution is 2.29. The molecule has 0 radical (unpaired) electrons. The monoisotopic (exact) mass is 355 g/mol. The van der Waals surface area contributed by atoms with Crippen LogP contribution in [0.1, 0.15) is 19.4 Å². The lowest BCUT2D eigenvalue weighted by Crippen LogP contribution is -2.70. The predicted octanol–water partition coefficient (Wildman–Crippen LogP) is 1.37. The van der Waals surface area contributed by atoms with Crippen LogP contribution in [0.2, 0.25) is 0 Å². The maximum absolute atomic E-state index is 13.0. The molecule has 5 nitrogen and oxygen atoms in total. The van der Waals surface area contributed by atoms with Crippen LogP contribution >= 0.6 is 0 Å². The smallest absolute Gasteiger partial charge is 0.211 e. The zero-order valence-corrected chi connectivity index (χ0v) is 15.4. The highest BCUT2D eigenvalue weighted by molar-refractivity contribution is 7.88. The Morgan fingerprint density at radius 1 is 1.17 bits per heavy atom. The number of sulfonamides is 1. The minimum absolute atomic E-state index is 0.159. The summed E-state index contributed by atoms with van der Waals surface area (Å²) >= 11 is 0. The van der Waals surface area contributed by atoms with E-state index in [1.807, 2.05) is 12.1 Å². The van der Waals surface area contributed by atoms with Crippen molar-refractivity contribution in [1.29, 1.82) is 0 Å². The summed E-state index contributed by atoms with van der Waals surface area (Å²) in [6.45, 7) is 8.78. The number of hydrogen-bond acceptors (Lipinski definition) is 4. The van der Waals surface area contributed by atoms with Gasteiger partial charge in [0, 0.05) is 50.8 Å². The van der Waals surface area contributed by atoms with Gasteiger partial charge in [0.15, 0.2) is 0 Å². The molecule has 0 aliphatic carbocycles. The lowest BCUT2D eigenvalue weighted by atomic mass is 9.94. The molecule has 3 rings (SSSR count). The number of fused-ring (bicyclic) bond motifs is 1. The molecule has 1 aromatic carbocycles. The van der Waals surface area contributed by atoms with Crippen LogP contribution < -0.4 is 0 Å². The van der Waals surface area contributed by atoms with Crippen molar-refractivity contribution in [2.24, 2.45) is 0 Å². The highest BCUT2D eigenvalue weighted by Gasteiger charge is 2.44. The van der Waals surface area contributed by atoms with E-state index in [0.29, 0.717) is 13.1 Å². The van der Waals surface area contributed by atoms with Gasteiger partial charge in [-0.2, -0.15) is 4.31 Å². The first-order chi connectivity index (χ1) is 11.1. The van der Waals surface area contributed by atoms with E-state index in [1.54, 1.807) is 4.31 Å². The Labute approximate surface area is 144 Å². The Balaban J connectivity index is 1.71. The maximum atomic E-state index is 13.0. The van der Waals surface area contributed by atoms with Gasteiger partial charge in [-0.05, 0) is 31.5 Å². The van der Waals surface area contributed by atoms with Gasteiger partial charge in [-0.3, -0.25) is 9.80 Å². The molecule has 2 fully saturated rings. The van der Waals surface area contributed by atoms with Crippen LogP contribution in [-0.4, -0.2) is 73.1 Å². The molecular weight excluding hydrogens is 329 g/mol. The van der Waals surface area contributed by atoms with Crippen molar-refractivity contribution in [2.75, 3.05) is 39.0 Å². The molecule has 0 spiro atoms. The predicted molar refractivity (Wildman–Crippen MR) is 92.7 cm³/mol. The van der Waals surface area contributed by atoms with Crippen LogP contribution in [0.5, 0.6) is 0 Å². The molecule has 0 N–H and O–H groups in total. The van der Waals surface area contributed by atoms with Crippen LogP contribution in [0.15, 0.2) is 24.3 Å². The Kier molecular flexibility index (Phi) is 4.72. The van der Waals surface area contributed by atoms with Gasteiger partial charge >= 0.3 is 0 Å². The average molecular weight is 355 g/mol. The first-order valence-electron chi connectivity index (χ1n) is 8.34. The minimum Gasteiger partial charge on any atom is -0.296 e. The molecule has 7 heteroatoms. The zero-order chi connectivity index (χ0) is 17.5. The van der Waals surface area contributed by atoms with E-state index in [1.165, 1.54) is 18.4 Å². The fourth-order valence-electron chi connectivity index (χ4n) is 3.94. The summed E-state index contributed by atoms with van der Waals surface area (Å²) in [6.07, 6.45) is 1.29. The van der Waals surface area contributed by atoms with Crippen LogP contribution in [0, 0.1) is 5.82 Å². The Bertz CT molecular complexity index is 690. The Morgan fingerprint density at radius 3 is 2.46 bits per heavy atom. The van der Waals surface area contributed by atoms with E-state index in [9.17, 15) is 12.8 Å². The second-order valence-electron chi connectivity index (χ2n) is 7.58. The maximum Gasteiger partial charge on any atom is 0.211 e. The molecule has 0 aromatic heterocycles. The fraction of sp³-hybridized carbons (Fsp3) is 0.647. The van der Waals surface area contributed by atoms with E-state index in [0.717, 1.165) is 31.7 Å². The summed E-state index contributed by atoms with van der Waals surface area (Å²) in [6, 6.07) is 6.80. The number of halogens is 1. The Hall–Kier alpha value is -1.02. The second-order valence-corrected chi connectivity index (χ2v) is 9.56. The standard InChI is InChI=1S/C17H26FN3O2S/c1-17(2)13-20(24(3,22)23)12-16-11-19(8-9-21(16)17)10-14-4-6-15(18)7-5-14/h4-7,16H,8-13H2,1-3H3/t16-/m0/s1. The minimum atomic E-state index is -3.18. The van der Waals surface area contributed by atoms with Gasteiger partial charge < -0.3 is 0 Å². The van der Waals surface area contributed by atoms with Gasteiger partial charge in [0.2, 0.25) is 10.0 Å². The molecule has 1 atom stereocenters. The van der Waals surface area contributed by atoms with Gasteiger partial charge in [-0.15, -0.1) is 0 Å².